The van der Waals surface area contributed by atoms with Gasteiger partial charge in [-0.2, -0.15) is 0 Å². The lowest BCUT2D eigenvalue weighted by atomic mass is 10.1. The van der Waals surface area contributed by atoms with E-state index in [-0.39, 0.29) is 5.91 Å². The summed E-state index contributed by atoms with van der Waals surface area (Å²) in [6.07, 6.45) is 3.79. The molecule has 1 amide bonds. The van der Waals surface area contributed by atoms with E-state index in [4.69, 9.17) is 0 Å². The lowest BCUT2D eigenvalue weighted by molar-refractivity contribution is 0.0779. The van der Waals surface area contributed by atoms with Crippen molar-refractivity contribution in [3.63, 3.8) is 0 Å². The number of carbonyl (C=O) groups is 1. The fraction of sp³-hybridized carbons (Fsp3) is 0.647. The van der Waals surface area contributed by atoms with E-state index in [2.05, 4.69) is 18.8 Å². The molecule has 20 heavy (non-hydrogen) atoms. The summed E-state index contributed by atoms with van der Waals surface area (Å²) in [6, 6.07) is 5.78. The summed E-state index contributed by atoms with van der Waals surface area (Å²) in [7, 11) is 0. The van der Waals surface area contributed by atoms with Gasteiger partial charge in [-0.3, -0.25) is 4.79 Å². The zero-order valence-corrected chi connectivity index (χ0v) is 13.1. The van der Waals surface area contributed by atoms with E-state index in [1.54, 1.807) is 0 Å². The third-order valence-electron chi connectivity index (χ3n) is 4.26. The van der Waals surface area contributed by atoms with Gasteiger partial charge in [0.1, 0.15) is 5.69 Å². The maximum Gasteiger partial charge on any atom is 0.272 e. The first-order valence-corrected chi connectivity index (χ1v) is 7.86. The van der Waals surface area contributed by atoms with Crippen LogP contribution in [0.15, 0.2) is 18.2 Å². The van der Waals surface area contributed by atoms with E-state index in [9.17, 15) is 4.79 Å². The van der Waals surface area contributed by atoms with Crippen LogP contribution in [0.25, 0.3) is 0 Å². The second-order valence-electron chi connectivity index (χ2n) is 6.08. The van der Waals surface area contributed by atoms with Gasteiger partial charge in [-0.15, -0.1) is 0 Å². The molecule has 0 N–H and O–H groups in total. The highest BCUT2D eigenvalue weighted by atomic mass is 16.2. The molecule has 0 bridgehead atoms. The summed E-state index contributed by atoms with van der Waals surface area (Å²) in [6.45, 7) is 10.1. The van der Waals surface area contributed by atoms with Crippen LogP contribution in [0.5, 0.6) is 0 Å². The van der Waals surface area contributed by atoms with Crippen molar-refractivity contribution in [3.05, 3.63) is 29.6 Å². The molecule has 0 atom stereocenters. The molecule has 1 aliphatic carbocycles. The van der Waals surface area contributed by atoms with Crippen LogP contribution < -0.4 is 0 Å². The number of hydrogen-bond acceptors (Lipinski definition) is 2. The van der Waals surface area contributed by atoms with Gasteiger partial charge in [-0.25, -0.2) is 4.98 Å². The number of pyridine rings is 1. The first-order valence-electron chi connectivity index (χ1n) is 7.86. The zero-order valence-electron chi connectivity index (χ0n) is 13.1. The van der Waals surface area contributed by atoms with Gasteiger partial charge in [0.2, 0.25) is 0 Å². The summed E-state index contributed by atoms with van der Waals surface area (Å²) in [5.41, 5.74) is 2.10. The molecule has 1 aromatic heterocycles. The first kappa shape index (κ1) is 15.0. The summed E-state index contributed by atoms with van der Waals surface area (Å²) in [5, 5.41) is 0. The van der Waals surface area contributed by atoms with Crippen molar-refractivity contribution in [2.24, 2.45) is 5.41 Å². The fourth-order valence-electron chi connectivity index (χ4n) is 2.75. The predicted octanol–water partition coefficient (Wildman–Crippen LogP) is 3.86. The summed E-state index contributed by atoms with van der Waals surface area (Å²) in [5.74, 6) is 0.479. The Morgan fingerprint density at radius 1 is 1.25 bits per heavy atom. The third-order valence-corrected chi connectivity index (χ3v) is 4.26. The molecule has 1 aliphatic heterocycles. The molecule has 2 fully saturated rings. The van der Waals surface area contributed by atoms with Crippen LogP contribution in [0.4, 0.5) is 0 Å². The molecule has 110 valence electrons. The number of amides is 1. The smallest absolute Gasteiger partial charge is 0.272 e. The maximum atomic E-state index is 12.4. The summed E-state index contributed by atoms with van der Waals surface area (Å²) >= 11 is 0. The van der Waals surface area contributed by atoms with Gasteiger partial charge in [0.05, 0.1) is 0 Å². The molecule has 2 aliphatic rings. The number of nitrogens with zero attached hydrogens (tertiary/aromatic N) is 2. The minimum atomic E-state index is 0.112. The van der Waals surface area contributed by atoms with Crippen LogP contribution in [-0.4, -0.2) is 28.9 Å². The van der Waals surface area contributed by atoms with Crippen LogP contribution in [0.2, 0.25) is 0 Å². The van der Waals surface area contributed by atoms with E-state index in [0.29, 0.717) is 17.0 Å². The van der Waals surface area contributed by atoms with Crippen molar-refractivity contribution >= 4 is 5.91 Å². The second kappa shape index (κ2) is 5.94. The second-order valence-corrected chi connectivity index (χ2v) is 6.08. The van der Waals surface area contributed by atoms with E-state index in [0.717, 1.165) is 18.8 Å². The molecule has 1 saturated carbocycles. The summed E-state index contributed by atoms with van der Waals surface area (Å²) < 4.78 is 0. The Balaban J connectivity index is 0.000000704. The highest BCUT2D eigenvalue weighted by Gasteiger charge is 2.48. The van der Waals surface area contributed by atoms with Crippen molar-refractivity contribution < 1.29 is 4.79 Å². The normalized spacial score (nSPS) is 18.9. The van der Waals surface area contributed by atoms with E-state index >= 15 is 0 Å². The van der Waals surface area contributed by atoms with Gasteiger partial charge in [0.15, 0.2) is 0 Å². The van der Waals surface area contributed by atoms with Crippen LogP contribution in [0.3, 0.4) is 0 Å². The first-order chi connectivity index (χ1) is 9.60. The van der Waals surface area contributed by atoms with Crippen molar-refractivity contribution in [2.75, 3.05) is 13.1 Å². The third kappa shape index (κ3) is 3.02. The highest BCUT2D eigenvalue weighted by molar-refractivity contribution is 5.92. The van der Waals surface area contributed by atoms with Gasteiger partial charge >= 0.3 is 0 Å². The fourth-order valence-corrected chi connectivity index (χ4v) is 2.75. The molecule has 3 heteroatoms. The van der Waals surface area contributed by atoms with Gasteiger partial charge in [-0.05, 0) is 42.7 Å². The Morgan fingerprint density at radius 2 is 1.95 bits per heavy atom. The molecule has 3 rings (SSSR count). The lowest BCUT2D eigenvalue weighted by Gasteiger charge is -2.16. The average Bonchev–Trinajstić information content (AvgIpc) is 3.10. The van der Waals surface area contributed by atoms with Gasteiger partial charge in [0, 0.05) is 18.8 Å². The van der Waals surface area contributed by atoms with Crippen LogP contribution in [0, 0.1) is 5.41 Å². The molecule has 1 spiro atoms. The number of carbonyl (C=O) groups excluding carboxylic acids is 1. The topological polar surface area (TPSA) is 33.2 Å². The van der Waals surface area contributed by atoms with Crippen molar-refractivity contribution in [1.29, 1.82) is 0 Å². The minimum absolute atomic E-state index is 0.112. The van der Waals surface area contributed by atoms with E-state index < -0.39 is 0 Å². The van der Waals surface area contributed by atoms with Crippen molar-refractivity contribution in [1.82, 2.24) is 9.88 Å². The Labute approximate surface area is 122 Å². The van der Waals surface area contributed by atoms with Crippen LogP contribution in [0.1, 0.15) is 69.1 Å². The Morgan fingerprint density at radius 3 is 2.50 bits per heavy atom. The Bertz CT molecular complexity index is 478. The molecule has 0 aromatic carbocycles. The van der Waals surface area contributed by atoms with Crippen LogP contribution in [-0.2, 0) is 0 Å². The molecule has 1 saturated heterocycles. The van der Waals surface area contributed by atoms with Gasteiger partial charge in [-0.1, -0.05) is 33.8 Å². The minimum Gasteiger partial charge on any atom is -0.337 e. The molecule has 2 heterocycles. The van der Waals surface area contributed by atoms with E-state index in [1.807, 2.05) is 36.9 Å². The number of rotatable bonds is 2. The summed E-state index contributed by atoms with van der Waals surface area (Å²) in [4.78, 5) is 18.9. The van der Waals surface area contributed by atoms with Gasteiger partial charge < -0.3 is 4.90 Å². The van der Waals surface area contributed by atoms with Gasteiger partial charge in [0.25, 0.3) is 5.91 Å². The molecular formula is C17H26N2O. The highest BCUT2D eigenvalue weighted by Crippen LogP contribution is 2.52. The van der Waals surface area contributed by atoms with Crippen molar-refractivity contribution in [3.8, 4) is 0 Å². The largest absolute Gasteiger partial charge is 0.337 e. The number of hydrogen-bond donors (Lipinski definition) is 0. The Kier molecular flexibility index (Phi) is 4.46. The molecule has 0 radical (unpaired) electrons. The SMILES string of the molecule is CC.CC(C)c1cccc(C(=O)N2CCC3(CC3)C2)n1. The maximum absolute atomic E-state index is 12.4. The molecule has 3 nitrogen and oxygen atoms in total. The molecule has 0 unspecified atom stereocenters. The van der Waals surface area contributed by atoms with Crippen LogP contribution >= 0.6 is 0 Å². The monoisotopic (exact) mass is 274 g/mol. The standard InChI is InChI=1S/C15H20N2O.C2H6/c1-11(2)12-4-3-5-13(16-12)14(18)17-9-8-15(10-17)6-7-15;1-2/h3-5,11H,6-10H2,1-2H3;1-2H3. The quantitative estimate of drug-likeness (QED) is 0.820. The van der Waals surface area contributed by atoms with E-state index in [1.165, 1.54) is 19.3 Å². The van der Waals surface area contributed by atoms with Crippen molar-refractivity contribution in [2.45, 2.75) is 52.9 Å². The average molecular weight is 274 g/mol. The number of aromatic nitrogens is 1. The Hall–Kier alpha value is -1.38. The molecule has 1 aromatic rings. The lowest BCUT2D eigenvalue weighted by Crippen LogP contribution is -2.29. The number of likely N-dealkylation sites (tertiary alicyclic amines) is 1. The predicted molar refractivity (Wildman–Crippen MR) is 81.9 cm³/mol. The molecular weight excluding hydrogens is 248 g/mol. The zero-order chi connectivity index (χ0) is 14.8.